The second-order valence-electron chi connectivity index (χ2n) is 6.33. The molecule has 0 aliphatic carbocycles. The molecule has 126 valence electrons. The molecule has 4 rings (SSSR count). The van der Waals surface area contributed by atoms with Crippen LogP contribution in [-0.4, -0.2) is 30.4 Å². The molecule has 0 spiro atoms. The smallest absolute Gasteiger partial charge is 0.303 e. The van der Waals surface area contributed by atoms with Crippen molar-refractivity contribution in [3.8, 4) is 0 Å². The van der Waals surface area contributed by atoms with Gasteiger partial charge in [-0.2, -0.15) is 0 Å². The van der Waals surface area contributed by atoms with Gasteiger partial charge >= 0.3 is 5.91 Å². The molecule has 25 heavy (non-hydrogen) atoms. The van der Waals surface area contributed by atoms with Crippen LogP contribution in [0.2, 0.25) is 0 Å². The number of nitrogens with zero attached hydrogens (tertiary/aromatic N) is 2. The number of carbonyl (C=O) groups excluding carboxylic acids is 2. The van der Waals surface area contributed by atoms with Crippen LogP contribution in [0.15, 0.2) is 48.5 Å². The molecule has 0 saturated carbocycles. The van der Waals surface area contributed by atoms with Crippen molar-refractivity contribution in [3.63, 3.8) is 0 Å². The van der Waals surface area contributed by atoms with Crippen LogP contribution in [-0.2, 0) is 4.79 Å². The van der Waals surface area contributed by atoms with E-state index in [0.717, 1.165) is 20.1 Å². The molecule has 2 heterocycles. The number of carbonyl (C=O) groups is 2. The molecular formula is C19H18N3O2S+. The summed E-state index contributed by atoms with van der Waals surface area (Å²) in [6.07, 6.45) is 0. The van der Waals surface area contributed by atoms with E-state index in [9.17, 15) is 9.59 Å². The molecule has 6 heteroatoms. The Bertz CT molecular complexity index is 948. The molecule has 0 saturated heterocycles. The number of ketones is 1. The summed E-state index contributed by atoms with van der Waals surface area (Å²) in [6.45, 7) is 2.53. The topological polar surface area (TPSA) is 54.7 Å². The second-order valence-corrected chi connectivity index (χ2v) is 7.39. The standard InChI is InChI=1S/C19H17N3O2S/c1-12(18-20-14-8-4-6-10-16(14)25-18)21(2)11-22-15-9-5-3-7-13(15)17(23)19(22)24/h3-10,12H,11H2,1-2H3/p+1/t12-/m1/s1. The van der Waals surface area contributed by atoms with Gasteiger partial charge in [-0.25, -0.2) is 4.98 Å². The minimum Gasteiger partial charge on any atom is -0.312 e. The number of aromatic nitrogens is 1. The summed E-state index contributed by atoms with van der Waals surface area (Å²) in [5.41, 5.74) is 2.20. The maximum absolute atomic E-state index is 12.3. The number of amides is 1. The van der Waals surface area contributed by atoms with Crippen LogP contribution in [0.25, 0.3) is 10.2 Å². The van der Waals surface area contributed by atoms with Crippen LogP contribution >= 0.6 is 11.3 Å². The first-order valence-electron chi connectivity index (χ1n) is 8.19. The first-order valence-corrected chi connectivity index (χ1v) is 9.01. The highest BCUT2D eigenvalue weighted by Crippen LogP contribution is 2.28. The molecule has 1 unspecified atom stereocenters. The number of Topliss-reactive ketones (excluding diaryl/α,β-unsaturated/α-hetero) is 1. The summed E-state index contributed by atoms with van der Waals surface area (Å²) in [5, 5.41) is 1.03. The fourth-order valence-electron chi connectivity index (χ4n) is 3.08. The summed E-state index contributed by atoms with van der Waals surface area (Å²) in [6, 6.07) is 15.4. The summed E-state index contributed by atoms with van der Waals surface area (Å²) in [7, 11) is 2.02. The first kappa shape index (κ1) is 15.9. The van der Waals surface area contributed by atoms with Crippen LogP contribution in [0.3, 0.4) is 0 Å². The molecule has 1 aliphatic rings. The van der Waals surface area contributed by atoms with Crippen molar-refractivity contribution in [1.82, 2.24) is 4.98 Å². The third kappa shape index (κ3) is 2.63. The SMILES string of the molecule is C[C@H](c1nc2ccccc2s1)[NH+](C)CN1C(=O)C(=O)c2ccccc21. The van der Waals surface area contributed by atoms with Crippen molar-refractivity contribution in [2.45, 2.75) is 13.0 Å². The largest absolute Gasteiger partial charge is 0.312 e. The Labute approximate surface area is 149 Å². The normalized spacial score (nSPS) is 16.3. The van der Waals surface area contributed by atoms with Crippen LogP contribution < -0.4 is 9.80 Å². The molecule has 2 atom stereocenters. The van der Waals surface area contributed by atoms with Crippen molar-refractivity contribution in [2.24, 2.45) is 0 Å². The van der Waals surface area contributed by atoms with Gasteiger partial charge in [0.1, 0.15) is 6.04 Å². The molecule has 0 radical (unpaired) electrons. The molecule has 1 aliphatic heterocycles. The number of hydrogen-bond donors (Lipinski definition) is 1. The van der Waals surface area contributed by atoms with Gasteiger partial charge < -0.3 is 4.90 Å². The number of nitrogens with one attached hydrogen (secondary N) is 1. The molecule has 1 N–H and O–H groups in total. The number of anilines is 1. The van der Waals surface area contributed by atoms with Gasteiger partial charge in [-0.1, -0.05) is 24.3 Å². The zero-order chi connectivity index (χ0) is 17.6. The van der Waals surface area contributed by atoms with Gasteiger partial charge in [0.2, 0.25) is 0 Å². The van der Waals surface area contributed by atoms with Gasteiger partial charge in [-0.05, 0) is 31.2 Å². The highest BCUT2D eigenvalue weighted by Gasteiger charge is 2.38. The molecule has 5 nitrogen and oxygen atoms in total. The second kappa shape index (κ2) is 6.06. The number of hydrogen-bond acceptors (Lipinski definition) is 4. The Balaban J connectivity index is 1.58. The molecular weight excluding hydrogens is 334 g/mol. The lowest BCUT2D eigenvalue weighted by Gasteiger charge is -2.25. The van der Waals surface area contributed by atoms with Crippen LogP contribution in [0.1, 0.15) is 28.3 Å². The Morgan fingerprint density at radius 2 is 1.84 bits per heavy atom. The van der Waals surface area contributed by atoms with Crippen molar-refractivity contribution >= 4 is 38.9 Å². The third-order valence-corrected chi connectivity index (χ3v) is 5.93. The van der Waals surface area contributed by atoms with E-state index in [1.165, 1.54) is 0 Å². The summed E-state index contributed by atoms with van der Waals surface area (Å²) in [5.74, 6) is -0.868. The van der Waals surface area contributed by atoms with Crippen molar-refractivity contribution in [1.29, 1.82) is 0 Å². The van der Waals surface area contributed by atoms with E-state index in [4.69, 9.17) is 4.98 Å². The number of fused-ring (bicyclic) bond motifs is 2. The average molecular weight is 352 g/mol. The predicted molar refractivity (Wildman–Crippen MR) is 98.0 cm³/mol. The fourth-order valence-corrected chi connectivity index (χ4v) is 4.19. The fraction of sp³-hybridized carbons (Fsp3) is 0.211. The molecule has 1 aromatic heterocycles. The van der Waals surface area contributed by atoms with Gasteiger partial charge in [0.15, 0.2) is 11.7 Å². The number of rotatable bonds is 4. The van der Waals surface area contributed by atoms with Gasteiger partial charge in [0.05, 0.1) is 28.5 Å². The lowest BCUT2D eigenvalue weighted by molar-refractivity contribution is -0.908. The summed E-state index contributed by atoms with van der Waals surface area (Å²) in [4.78, 5) is 31.9. The summed E-state index contributed by atoms with van der Waals surface area (Å²) < 4.78 is 1.16. The summed E-state index contributed by atoms with van der Waals surface area (Å²) >= 11 is 1.68. The minimum atomic E-state index is -0.447. The predicted octanol–water partition coefficient (Wildman–Crippen LogP) is 2.06. The molecule has 2 aromatic carbocycles. The van der Waals surface area contributed by atoms with E-state index in [2.05, 4.69) is 13.0 Å². The van der Waals surface area contributed by atoms with E-state index in [0.29, 0.717) is 17.9 Å². The number of quaternary nitrogens is 1. The molecule has 0 fully saturated rings. The highest BCUT2D eigenvalue weighted by molar-refractivity contribution is 7.18. The van der Waals surface area contributed by atoms with E-state index < -0.39 is 11.7 Å². The molecule has 3 aromatic rings. The van der Waals surface area contributed by atoms with Crippen molar-refractivity contribution in [2.75, 3.05) is 18.6 Å². The number of thiazole rings is 1. The maximum Gasteiger partial charge on any atom is 0.303 e. The Morgan fingerprint density at radius 1 is 1.12 bits per heavy atom. The minimum absolute atomic E-state index is 0.119. The zero-order valence-corrected chi connectivity index (χ0v) is 14.8. The molecule has 0 bridgehead atoms. The Morgan fingerprint density at radius 3 is 2.64 bits per heavy atom. The van der Waals surface area contributed by atoms with Crippen LogP contribution in [0.4, 0.5) is 5.69 Å². The average Bonchev–Trinajstić information content (AvgIpc) is 3.17. The maximum atomic E-state index is 12.3. The number of benzene rings is 2. The third-order valence-electron chi connectivity index (χ3n) is 4.71. The first-order chi connectivity index (χ1) is 12.1. The van der Waals surface area contributed by atoms with Crippen LogP contribution in [0.5, 0.6) is 0 Å². The van der Waals surface area contributed by atoms with E-state index >= 15 is 0 Å². The quantitative estimate of drug-likeness (QED) is 0.732. The van der Waals surface area contributed by atoms with E-state index in [1.54, 1.807) is 28.4 Å². The van der Waals surface area contributed by atoms with Gasteiger partial charge in [-0.3, -0.25) is 14.5 Å². The van der Waals surface area contributed by atoms with E-state index in [-0.39, 0.29) is 6.04 Å². The lowest BCUT2D eigenvalue weighted by atomic mass is 10.1. The van der Waals surface area contributed by atoms with Gasteiger partial charge in [-0.15, -0.1) is 11.3 Å². The Hall–Kier alpha value is -2.57. The molecule has 1 amide bonds. The lowest BCUT2D eigenvalue weighted by Crippen LogP contribution is -3.10. The Kier molecular flexibility index (Phi) is 3.86. The van der Waals surface area contributed by atoms with Gasteiger partial charge in [0, 0.05) is 0 Å². The van der Waals surface area contributed by atoms with Crippen molar-refractivity contribution < 1.29 is 14.5 Å². The zero-order valence-electron chi connectivity index (χ0n) is 14.0. The van der Waals surface area contributed by atoms with Crippen LogP contribution in [0, 0.1) is 0 Å². The van der Waals surface area contributed by atoms with Gasteiger partial charge in [0.25, 0.3) is 5.78 Å². The van der Waals surface area contributed by atoms with E-state index in [1.807, 2.05) is 37.4 Å². The monoisotopic (exact) mass is 352 g/mol. The van der Waals surface area contributed by atoms with Crippen molar-refractivity contribution in [3.05, 3.63) is 59.1 Å². The highest BCUT2D eigenvalue weighted by atomic mass is 32.1. The number of para-hydroxylation sites is 2.